The first kappa shape index (κ1) is 12.1. The van der Waals surface area contributed by atoms with Crippen LogP contribution < -0.4 is 4.90 Å². The first-order valence-electron chi connectivity index (χ1n) is 5.29. The number of halogens is 2. The number of rotatable bonds is 2. The van der Waals surface area contributed by atoms with Gasteiger partial charge in [0.1, 0.15) is 5.82 Å². The third-order valence-corrected chi connectivity index (χ3v) is 3.65. The van der Waals surface area contributed by atoms with Crippen LogP contribution in [0.4, 0.5) is 5.82 Å². The van der Waals surface area contributed by atoms with Gasteiger partial charge in [-0.05, 0) is 34.8 Å². The normalized spacial score (nSPS) is 17.8. The van der Waals surface area contributed by atoms with E-state index in [2.05, 4.69) is 25.8 Å². The average Bonchev–Trinajstić information content (AvgIpc) is 2.29. The van der Waals surface area contributed by atoms with Crippen molar-refractivity contribution in [2.45, 2.75) is 18.9 Å². The van der Waals surface area contributed by atoms with Crippen molar-refractivity contribution in [3.8, 4) is 0 Å². The van der Waals surface area contributed by atoms with Gasteiger partial charge in [0.15, 0.2) is 0 Å². The van der Waals surface area contributed by atoms with E-state index in [9.17, 15) is 0 Å². The maximum absolute atomic E-state index is 5.87. The smallest absolute Gasteiger partial charge is 0.142 e. The van der Waals surface area contributed by atoms with Crippen molar-refractivity contribution in [2.75, 3.05) is 25.1 Å². The zero-order valence-electron chi connectivity index (χ0n) is 9.12. The molecule has 16 heavy (non-hydrogen) atoms. The van der Waals surface area contributed by atoms with Gasteiger partial charge in [0.25, 0.3) is 0 Å². The number of ether oxygens (including phenoxy) is 1. The molecule has 1 aliphatic heterocycles. The molecule has 0 aromatic carbocycles. The van der Waals surface area contributed by atoms with E-state index in [4.69, 9.17) is 16.3 Å². The van der Waals surface area contributed by atoms with E-state index in [-0.39, 0.29) is 0 Å². The van der Waals surface area contributed by atoms with Gasteiger partial charge >= 0.3 is 0 Å². The summed E-state index contributed by atoms with van der Waals surface area (Å²) in [6.45, 7) is 1.96. The first-order valence-corrected chi connectivity index (χ1v) is 6.46. The number of aromatic nitrogens is 1. The lowest BCUT2D eigenvalue weighted by atomic mass is 10.1. The van der Waals surface area contributed by atoms with Crippen LogP contribution in [0.5, 0.6) is 0 Å². The van der Waals surface area contributed by atoms with Gasteiger partial charge in [0.05, 0.1) is 15.6 Å². The molecule has 0 radical (unpaired) electrons. The summed E-state index contributed by atoms with van der Waals surface area (Å²) >= 11 is 9.37. The topological polar surface area (TPSA) is 25.4 Å². The molecule has 2 rings (SSSR count). The molecule has 0 amide bonds. The van der Waals surface area contributed by atoms with E-state index >= 15 is 0 Å². The maximum Gasteiger partial charge on any atom is 0.142 e. The Morgan fingerprint density at radius 3 is 2.75 bits per heavy atom. The molecule has 0 saturated carbocycles. The van der Waals surface area contributed by atoms with Crippen LogP contribution in [0.3, 0.4) is 0 Å². The minimum Gasteiger partial charge on any atom is -0.381 e. The summed E-state index contributed by atoms with van der Waals surface area (Å²) in [5.41, 5.74) is 0. The average molecular weight is 306 g/mol. The monoisotopic (exact) mass is 304 g/mol. The number of pyridine rings is 1. The third kappa shape index (κ3) is 2.67. The predicted octanol–water partition coefficient (Wildman–Crippen LogP) is 3.11. The Hall–Kier alpha value is -0.320. The zero-order valence-corrected chi connectivity index (χ0v) is 11.5. The highest BCUT2D eigenvalue weighted by atomic mass is 79.9. The molecule has 0 aliphatic carbocycles. The van der Waals surface area contributed by atoms with Gasteiger partial charge in [-0.15, -0.1) is 0 Å². The molecule has 2 heterocycles. The van der Waals surface area contributed by atoms with Crippen LogP contribution in [0.1, 0.15) is 12.8 Å². The molecule has 0 spiro atoms. The van der Waals surface area contributed by atoms with Crippen LogP contribution in [0.15, 0.2) is 16.7 Å². The highest BCUT2D eigenvalue weighted by Crippen LogP contribution is 2.28. The molecule has 0 bridgehead atoms. The number of anilines is 1. The van der Waals surface area contributed by atoms with Gasteiger partial charge in [0, 0.05) is 26.4 Å². The van der Waals surface area contributed by atoms with Gasteiger partial charge < -0.3 is 9.64 Å². The minimum absolute atomic E-state index is 0.391. The molecular formula is C11H14BrClN2O. The van der Waals surface area contributed by atoms with E-state index < -0.39 is 0 Å². The Labute approximate surface area is 109 Å². The number of hydrogen-bond acceptors (Lipinski definition) is 3. The molecule has 1 aliphatic rings. The Kier molecular flexibility index (Phi) is 4.05. The molecule has 0 unspecified atom stereocenters. The summed E-state index contributed by atoms with van der Waals surface area (Å²) in [6, 6.07) is 1.88. The van der Waals surface area contributed by atoms with Crippen molar-refractivity contribution in [1.29, 1.82) is 0 Å². The van der Waals surface area contributed by atoms with Crippen LogP contribution in [-0.2, 0) is 4.74 Å². The second-order valence-electron chi connectivity index (χ2n) is 3.88. The summed E-state index contributed by atoms with van der Waals surface area (Å²) in [5, 5.41) is 0.655. The van der Waals surface area contributed by atoms with Crippen LogP contribution in [-0.4, -0.2) is 31.3 Å². The number of methoxy groups -OCH3 is 1. The van der Waals surface area contributed by atoms with E-state index in [0.717, 1.165) is 36.2 Å². The lowest BCUT2D eigenvalue weighted by Crippen LogP contribution is -2.37. The Morgan fingerprint density at radius 2 is 2.19 bits per heavy atom. The van der Waals surface area contributed by atoms with E-state index in [1.807, 2.05) is 6.07 Å². The van der Waals surface area contributed by atoms with E-state index in [1.54, 1.807) is 13.3 Å². The molecule has 0 N–H and O–H groups in total. The fraction of sp³-hybridized carbons (Fsp3) is 0.545. The highest BCUT2D eigenvalue weighted by molar-refractivity contribution is 9.10. The van der Waals surface area contributed by atoms with Crippen molar-refractivity contribution in [2.24, 2.45) is 0 Å². The molecule has 0 atom stereocenters. The fourth-order valence-electron chi connectivity index (χ4n) is 1.94. The van der Waals surface area contributed by atoms with E-state index in [0.29, 0.717) is 11.1 Å². The largest absolute Gasteiger partial charge is 0.381 e. The van der Waals surface area contributed by atoms with Crippen molar-refractivity contribution in [3.05, 3.63) is 21.8 Å². The van der Waals surface area contributed by atoms with E-state index in [1.165, 1.54) is 0 Å². The van der Waals surface area contributed by atoms with Crippen LogP contribution in [0.25, 0.3) is 0 Å². The van der Waals surface area contributed by atoms with Crippen molar-refractivity contribution in [3.63, 3.8) is 0 Å². The molecule has 1 saturated heterocycles. The standard InChI is InChI=1S/C11H14BrClN2O/c1-16-9-2-4-15(5-3-9)11-10(12)6-8(13)7-14-11/h6-7,9H,2-5H2,1H3. The fourth-order valence-corrected chi connectivity index (χ4v) is 2.83. The molecular weight excluding hydrogens is 291 g/mol. The molecule has 1 aromatic heterocycles. The highest BCUT2D eigenvalue weighted by Gasteiger charge is 2.21. The number of piperidine rings is 1. The molecule has 1 aromatic rings. The molecule has 3 nitrogen and oxygen atoms in total. The maximum atomic E-state index is 5.87. The van der Waals surface area contributed by atoms with Crippen LogP contribution in [0.2, 0.25) is 5.02 Å². The Morgan fingerprint density at radius 1 is 1.50 bits per heavy atom. The summed E-state index contributed by atoms with van der Waals surface area (Å²) < 4.78 is 6.30. The predicted molar refractivity (Wildman–Crippen MR) is 69.2 cm³/mol. The first-order chi connectivity index (χ1) is 7.70. The third-order valence-electron chi connectivity index (χ3n) is 2.86. The summed E-state index contributed by atoms with van der Waals surface area (Å²) in [6.07, 6.45) is 4.17. The van der Waals surface area contributed by atoms with Gasteiger partial charge in [-0.1, -0.05) is 11.6 Å². The molecule has 5 heteroatoms. The molecule has 88 valence electrons. The number of hydrogen-bond donors (Lipinski definition) is 0. The SMILES string of the molecule is COC1CCN(c2ncc(Cl)cc2Br)CC1. The second-order valence-corrected chi connectivity index (χ2v) is 5.17. The van der Waals surface area contributed by atoms with Gasteiger partial charge in [0.2, 0.25) is 0 Å². The lowest BCUT2D eigenvalue weighted by Gasteiger charge is -2.32. The van der Waals surface area contributed by atoms with Gasteiger partial charge in [-0.25, -0.2) is 4.98 Å². The molecule has 1 fully saturated rings. The van der Waals surface area contributed by atoms with Crippen molar-refractivity contribution in [1.82, 2.24) is 4.98 Å². The van der Waals surface area contributed by atoms with Crippen LogP contribution >= 0.6 is 27.5 Å². The van der Waals surface area contributed by atoms with Crippen LogP contribution in [0, 0.1) is 0 Å². The second kappa shape index (κ2) is 5.34. The van der Waals surface area contributed by atoms with Crippen molar-refractivity contribution >= 4 is 33.3 Å². The quantitative estimate of drug-likeness (QED) is 0.839. The number of nitrogens with zero attached hydrogens (tertiary/aromatic N) is 2. The van der Waals surface area contributed by atoms with Gasteiger partial charge in [-0.3, -0.25) is 0 Å². The Bertz CT molecular complexity index is 367. The lowest BCUT2D eigenvalue weighted by molar-refractivity contribution is 0.0818. The van der Waals surface area contributed by atoms with Gasteiger partial charge in [-0.2, -0.15) is 0 Å². The minimum atomic E-state index is 0.391. The zero-order chi connectivity index (χ0) is 11.5. The summed E-state index contributed by atoms with van der Waals surface area (Å²) in [5.74, 6) is 0.971. The summed E-state index contributed by atoms with van der Waals surface area (Å²) in [4.78, 5) is 6.62. The van der Waals surface area contributed by atoms with Crippen molar-refractivity contribution < 1.29 is 4.74 Å². The Balaban J connectivity index is 2.08. The summed E-state index contributed by atoms with van der Waals surface area (Å²) in [7, 11) is 1.77.